The van der Waals surface area contributed by atoms with E-state index < -0.39 is 0 Å². The van der Waals surface area contributed by atoms with Crippen LogP contribution in [0.3, 0.4) is 0 Å². The Morgan fingerprint density at radius 3 is 2.27 bits per heavy atom. The van der Waals surface area contributed by atoms with E-state index in [0.717, 1.165) is 27.4 Å². The van der Waals surface area contributed by atoms with E-state index in [9.17, 15) is 5.11 Å². The van der Waals surface area contributed by atoms with Crippen molar-refractivity contribution in [3.05, 3.63) is 66.4 Å². The minimum atomic E-state index is -0.0939. The highest BCUT2D eigenvalue weighted by Crippen LogP contribution is 2.24. The van der Waals surface area contributed by atoms with Crippen LogP contribution in [0.2, 0.25) is 0 Å². The van der Waals surface area contributed by atoms with Crippen molar-refractivity contribution in [2.75, 3.05) is 0 Å². The van der Waals surface area contributed by atoms with Crippen LogP contribution in [0.15, 0.2) is 60.8 Å². The average Bonchev–Trinajstić information content (AvgIpc) is 2.60. The summed E-state index contributed by atoms with van der Waals surface area (Å²) in [7, 11) is 0. The molecular formula is C18H13N3O. The third kappa shape index (κ3) is 2.10. The molecule has 0 unspecified atom stereocenters. The molecule has 2 aromatic carbocycles. The van der Waals surface area contributed by atoms with Crippen molar-refractivity contribution in [3.8, 4) is 11.5 Å². The standard InChI is InChI=1S/C18H13N3O/c22-11-14-9-12-5-1-3-7-15(12)20-17(14)18-19-10-13-6-2-4-8-16(13)21-18/h1-10,22H,11H2. The molecule has 2 aromatic heterocycles. The second-order valence-electron chi connectivity index (χ2n) is 5.10. The zero-order valence-electron chi connectivity index (χ0n) is 11.8. The van der Waals surface area contributed by atoms with Crippen LogP contribution in [0.25, 0.3) is 33.3 Å². The number of pyridine rings is 1. The van der Waals surface area contributed by atoms with Gasteiger partial charge in [-0.15, -0.1) is 0 Å². The van der Waals surface area contributed by atoms with Gasteiger partial charge in [-0.3, -0.25) is 0 Å². The maximum Gasteiger partial charge on any atom is 0.179 e. The number of para-hydroxylation sites is 2. The van der Waals surface area contributed by atoms with Gasteiger partial charge >= 0.3 is 0 Å². The van der Waals surface area contributed by atoms with Gasteiger partial charge in [0.1, 0.15) is 5.69 Å². The number of hydrogen-bond donors (Lipinski definition) is 1. The minimum Gasteiger partial charge on any atom is -0.392 e. The van der Waals surface area contributed by atoms with Crippen LogP contribution in [-0.2, 0) is 6.61 Å². The van der Waals surface area contributed by atoms with Crippen LogP contribution in [0.4, 0.5) is 0 Å². The van der Waals surface area contributed by atoms with E-state index in [-0.39, 0.29) is 6.61 Å². The molecule has 0 atom stereocenters. The second kappa shape index (κ2) is 5.16. The van der Waals surface area contributed by atoms with Crippen LogP contribution in [0.1, 0.15) is 5.56 Å². The fourth-order valence-electron chi connectivity index (χ4n) is 2.56. The fraction of sp³-hybridized carbons (Fsp3) is 0.0556. The van der Waals surface area contributed by atoms with Crippen molar-refractivity contribution in [1.82, 2.24) is 15.0 Å². The van der Waals surface area contributed by atoms with Crippen LogP contribution in [0, 0.1) is 0 Å². The lowest BCUT2D eigenvalue weighted by molar-refractivity contribution is 0.282. The molecule has 0 spiro atoms. The van der Waals surface area contributed by atoms with E-state index in [1.54, 1.807) is 6.20 Å². The Morgan fingerprint density at radius 2 is 1.50 bits per heavy atom. The maximum absolute atomic E-state index is 9.66. The number of rotatable bonds is 2. The van der Waals surface area contributed by atoms with E-state index in [1.165, 1.54) is 0 Å². The molecule has 0 saturated heterocycles. The van der Waals surface area contributed by atoms with Gasteiger partial charge in [0.05, 0.1) is 17.6 Å². The first-order chi connectivity index (χ1) is 10.8. The zero-order valence-corrected chi connectivity index (χ0v) is 11.8. The highest BCUT2D eigenvalue weighted by molar-refractivity contribution is 5.84. The topological polar surface area (TPSA) is 58.9 Å². The quantitative estimate of drug-likeness (QED) is 0.614. The first-order valence-electron chi connectivity index (χ1n) is 7.07. The van der Waals surface area contributed by atoms with Crippen molar-refractivity contribution in [2.24, 2.45) is 0 Å². The van der Waals surface area contributed by atoms with Gasteiger partial charge in [0.2, 0.25) is 0 Å². The Hall–Kier alpha value is -2.85. The number of aliphatic hydroxyl groups is 1. The summed E-state index contributed by atoms with van der Waals surface area (Å²) in [6.45, 7) is -0.0939. The Morgan fingerprint density at radius 1 is 0.818 bits per heavy atom. The number of aromatic nitrogens is 3. The van der Waals surface area contributed by atoms with E-state index in [2.05, 4.69) is 15.0 Å². The van der Waals surface area contributed by atoms with Crippen molar-refractivity contribution in [1.29, 1.82) is 0 Å². The predicted molar refractivity (Wildman–Crippen MR) is 86.2 cm³/mol. The van der Waals surface area contributed by atoms with Crippen molar-refractivity contribution < 1.29 is 5.11 Å². The number of fused-ring (bicyclic) bond motifs is 2. The fourth-order valence-corrected chi connectivity index (χ4v) is 2.56. The van der Waals surface area contributed by atoms with Gasteiger partial charge in [0.15, 0.2) is 5.82 Å². The average molecular weight is 287 g/mol. The summed E-state index contributed by atoms with van der Waals surface area (Å²) >= 11 is 0. The molecule has 4 aromatic rings. The SMILES string of the molecule is OCc1cc2ccccc2nc1-c1ncc2ccccc2n1. The van der Waals surface area contributed by atoms with Crippen LogP contribution < -0.4 is 0 Å². The Balaban J connectivity index is 1.97. The molecule has 1 N–H and O–H groups in total. The molecule has 0 bridgehead atoms. The summed E-state index contributed by atoms with van der Waals surface area (Å²) in [6.07, 6.45) is 1.79. The zero-order chi connectivity index (χ0) is 14.9. The molecule has 0 fully saturated rings. The minimum absolute atomic E-state index is 0.0939. The molecule has 0 amide bonds. The molecule has 0 aliphatic carbocycles. The maximum atomic E-state index is 9.66. The van der Waals surface area contributed by atoms with Gasteiger partial charge in [-0.1, -0.05) is 36.4 Å². The van der Waals surface area contributed by atoms with E-state index in [1.807, 2.05) is 54.6 Å². The summed E-state index contributed by atoms with van der Waals surface area (Å²) in [4.78, 5) is 13.6. The summed E-state index contributed by atoms with van der Waals surface area (Å²) in [5, 5.41) is 11.6. The third-order valence-electron chi connectivity index (χ3n) is 3.67. The van der Waals surface area contributed by atoms with Gasteiger partial charge < -0.3 is 5.11 Å². The number of hydrogen-bond acceptors (Lipinski definition) is 4. The second-order valence-corrected chi connectivity index (χ2v) is 5.10. The molecular weight excluding hydrogens is 274 g/mol. The number of aliphatic hydroxyl groups excluding tert-OH is 1. The van der Waals surface area contributed by atoms with Gasteiger partial charge in [-0.2, -0.15) is 0 Å². The predicted octanol–water partition coefficient (Wildman–Crippen LogP) is 3.34. The molecule has 0 radical (unpaired) electrons. The van der Waals surface area contributed by atoms with E-state index in [4.69, 9.17) is 0 Å². The van der Waals surface area contributed by atoms with Crippen molar-refractivity contribution in [2.45, 2.75) is 6.61 Å². The molecule has 4 rings (SSSR count). The molecule has 22 heavy (non-hydrogen) atoms. The highest BCUT2D eigenvalue weighted by atomic mass is 16.3. The number of nitrogens with zero attached hydrogens (tertiary/aromatic N) is 3. The summed E-state index contributed by atoms with van der Waals surface area (Å²) in [5.74, 6) is 0.536. The molecule has 4 heteroatoms. The summed E-state index contributed by atoms with van der Waals surface area (Å²) in [5.41, 5.74) is 3.10. The normalized spacial score (nSPS) is 11.1. The van der Waals surface area contributed by atoms with Crippen LogP contribution in [0.5, 0.6) is 0 Å². The molecule has 106 valence electrons. The van der Waals surface area contributed by atoms with E-state index >= 15 is 0 Å². The molecule has 0 aliphatic heterocycles. The van der Waals surface area contributed by atoms with Gasteiger partial charge in [-0.05, 0) is 18.2 Å². The van der Waals surface area contributed by atoms with Gasteiger partial charge in [0, 0.05) is 22.5 Å². The molecule has 2 heterocycles. The van der Waals surface area contributed by atoms with Crippen molar-refractivity contribution in [3.63, 3.8) is 0 Å². The number of benzene rings is 2. The first-order valence-corrected chi connectivity index (χ1v) is 7.07. The largest absolute Gasteiger partial charge is 0.392 e. The monoisotopic (exact) mass is 287 g/mol. The lowest BCUT2D eigenvalue weighted by Gasteiger charge is -2.08. The molecule has 4 nitrogen and oxygen atoms in total. The smallest absolute Gasteiger partial charge is 0.179 e. The summed E-state index contributed by atoms with van der Waals surface area (Å²) in [6, 6.07) is 17.6. The summed E-state index contributed by atoms with van der Waals surface area (Å²) < 4.78 is 0. The van der Waals surface area contributed by atoms with Crippen LogP contribution in [-0.4, -0.2) is 20.1 Å². The Bertz CT molecular complexity index is 982. The Kier molecular flexibility index (Phi) is 3.02. The van der Waals surface area contributed by atoms with Gasteiger partial charge in [-0.25, -0.2) is 15.0 Å². The lowest BCUT2D eigenvalue weighted by Crippen LogP contribution is -1.98. The van der Waals surface area contributed by atoms with Gasteiger partial charge in [0.25, 0.3) is 0 Å². The van der Waals surface area contributed by atoms with Crippen molar-refractivity contribution >= 4 is 21.8 Å². The lowest BCUT2D eigenvalue weighted by atomic mass is 10.1. The van der Waals surface area contributed by atoms with Crippen LogP contribution >= 0.6 is 0 Å². The first kappa shape index (κ1) is 12.9. The Labute approximate surface area is 127 Å². The molecule has 0 saturated carbocycles. The van der Waals surface area contributed by atoms with E-state index in [0.29, 0.717) is 11.5 Å². The highest BCUT2D eigenvalue weighted by Gasteiger charge is 2.11. The molecule has 0 aliphatic rings. The third-order valence-corrected chi connectivity index (χ3v) is 3.67.